The van der Waals surface area contributed by atoms with Crippen molar-refractivity contribution < 1.29 is 14.6 Å². The van der Waals surface area contributed by atoms with Crippen molar-refractivity contribution in [3.63, 3.8) is 0 Å². The zero-order valence-corrected chi connectivity index (χ0v) is 9.30. The van der Waals surface area contributed by atoms with Gasteiger partial charge in [-0.2, -0.15) is 0 Å². The number of carbonyl (C=O) groups excluding carboxylic acids is 1. The Morgan fingerprint density at radius 2 is 1.93 bits per heavy atom. The molecule has 0 aliphatic heterocycles. The van der Waals surface area contributed by atoms with Gasteiger partial charge in [0.1, 0.15) is 6.61 Å². The third-order valence-electron chi connectivity index (χ3n) is 2.67. The molecular weight excluding hydrogens is 182 g/mol. The first-order chi connectivity index (χ1) is 6.64. The van der Waals surface area contributed by atoms with Crippen molar-refractivity contribution in [1.29, 1.82) is 0 Å². The van der Waals surface area contributed by atoms with E-state index in [4.69, 9.17) is 4.74 Å². The molecule has 0 fully saturated rings. The summed E-state index contributed by atoms with van der Waals surface area (Å²) in [5.41, 5.74) is -0.273. The first kappa shape index (κ1) is 13.2. The van der Waals surface area contributed by atoms with Crippen molar-refractivity contribution in [2.75, 3.05) is 19.8 Å². The molecule has 1 amide bonds. The lowest BCUT2D eigenvalue weighted by Gasteiger charge is -2.28. The van der Waals surface area contributed by atoms with Gasteiger partial charge in [0.25, 0.3) is 0 Å². The molecule has 0 aromatic carbocycles. The number of aliphatic hydroxyl groups is 1. The van der Waals surface area contributed by atoms with Crippen molar-refractivity contribution in [2.24, 2.45) is 5.41 Å². The molecule has 0 aliphatic rings. The average Bonchev–Trinajstić information content (AvgIpc) is 2.21. The highest BCUT2D eigenvalue weighted by Crippen LogP contribution is 2.25. The number of nitrogens with one attached hydrogen (secondary N) is 1. The predicted octanol–water partition coefficient (Wildman–Crippen LogP) is 1.53. The monoisotopic (exact) mass is 203 g/mol. The van der Waals surface area contributed by atoms with Crippen LogP contribution in [-0.4, -0.2) is 31.0 Å². The lowest BCUT2D eigenvalue weighted by molar-refractivity contribution is 0.0322. The maximum Gasteiger partial charge on any atom is 0.407 e. The maximum atomic E-state index is 11.0. The number of ether oxygens (including phenoxy) is 1. The Balaban J connectivity index is 3.99. The number of hydrogen-bond acceptors (Lipinski definition) is 3. The number of amides is 1. The largest absolute Gasteiger partial charge is 0.449 e. The molecule has 0 spiro atoms. The van der Waals surface area contributed by atoms with Gasteiger partial charge < -0.3 is 15.2 Å². The number of alkyl carbamates (subject to hydrolysis) is 1. The molecule has 0 aromatic rings. The minimum atomic E-state index is -0.410. The van der Waals surface area contributed by atoms with E-state index in [1.807, 2.05) is 20.8 Å². The van der Waals surface area contributed by atoms with Crippen LogP contribution in [0.5, 0.6) is 0 Å². The van der Waals surface area contributed by atoms with Gasteiger partial charge in [-0.1, -0.05) is 13.8 Å². The van der Waals surface area contributed by atoms with Crippen LogP contribution >= 0.6 is 0 Å². The van der Waals surface area contributed by atoms with Gasteiger partial charge in [-0.15, -0.1) is 0 Å². The third-order valence-corrected chi connectivity index (χ3v) is 2.67. The van der Waals surface area contributed by atoms with Gasteiger partial charge in [0.15, 0.2) is 0 Å². The Morgan fingerprint density at radius 1 is 1.36 bits per heavy atom. The summed E-state index contributed by atoms with van der Waals surface area (Å²) in [5, 5.41) is 11.8. The molecule has 14 heavy (non-hydrogen) atoms. The molecule has 0 aliphatic carbocycles. The number of aliphatic hydroxyl groups excluding tert-OH is 1. The molecule has 0 aromatic heterocycles. The van der Waals surface area contributed by atoms with Crippen LogP contribution in [-0.2, 0) is 4.74 Å². The molecule has 4 heteroatoms. The summed E-state index contributed by atoms with van der Waals surface area (Å²) in [4.78, 5) is 11.0. The van der Waals surface area contributed by atoms with Crippen LogP contribution in [0, 0.1) is 5.41 Å². The zero-order valence-electron chi connectivity index (χ0n) is 9.30. The Labute approximate surface area is 85.6 Å². The van der Waals surface area contributed by atoms with E-state index in [0.29, 0.717) is 6.54 Å². The van der Waals surface area contributed by atoms with Crippen LogP contribution in [0.4, 0.5) is 4.79 Å². The number of rotatable bonds is 6. The van der Waals surface area contributed by atoms with E-state index in [-0.39, 0.29) is 18.6 Å². The molecule has 0 heterocycles. The van der Waals surface area contributed by atoms with Crippen LogP contribution in [0.15, 0.2) is 0 Å². The van der Waals surface area contributed by atoms with E-state index in [1.165, 1.54) is 0 Å². The fraction of sp³-hybridized carbons (Fsp3) is 0.900. The van der Waals surface area contributed by atoms with Crippen molar-refractivity contribution in [3.8, 4) is 0 Å². The van der Waals surface area contributed by atoms with Gasteiger partial charge in [0.2, 0.25) is 0 Å². The van der Waals surface area contributed by atoms with Crippen molar-refractivity contribution in [1.82, 2.24) is 5.32 Å². The standard InChI is InChI=1S/C10H21NO3/c1-4-10(5-2,7-12)8-14-9(13)11-6-3/h12H,4-8H2,1-3H3,(H,11,13). The van der Waals surface area contributed by atoms with Gasteiger partial charge >= 0.3 is 6.09 Å². The van der Waals surface area contributed by atoms with E-state index in [2.05, 4.69) is 5.32 Å². The summed E-state index contributed by atoms with van der Waals surface area (Å²) in [6.45, 7) is 6.70. The first-order valence-electron chi connectivity index (χ1n) is 5.15. The van der Waals surface area contributed by atoms with Gasteiger partial charge in [-0.25, -0.2) is 4.79 Å². The summed E-state index contributed by atoms with van der Waals surface area (Å²) in [6.07, 6.45) is 1.20. The van der Waals surface area contributed by atoms with Gasteiger partial charge in [-0.05, 0) is 19.8 Å². The minimum Gasteiger partial charge on any atom is -0.449 e. The Morgan fingerprint density at radius 3 is 2.29 bits per heavy atom. The second kappa shape index (κ2) is 6.65. The minimum absolute atomic E-state index is 0.0550. The Hall–Kier alpha value is -0.770. The Kier molecular flexibility index (Phi) is 6.28. The smallest absolute Gasteiger partial charge is 0.407 e. The zero-order chi connectivity index (χ0) is 11.0. The van der Waals surface area contributed by atoms with Crippen LogP contribution in [0.3, 0.4) is 0 Å². The van der Waals surface area contributed by atoms with E-state index in [1.54, 1.807) is 0 Å². The summed E-state index contributed by atoms with van der Waals surface area (Å²) >= 11 is 0. The quantitative estimate of drug-likeness (QED) is 0.688. The molecule has 0 saturated heterocycles. The summed E-state index contributed by atoms with van der Waals surface area (Å²) in [5.74, 6) is 0. The molecule has 0 atom stereocenters. The third kappa shape index (κ3) is 3.96. The second-order valence-electron chi connectivity index (χ2n) is 3.47. The molecular formula is C10H21NO3. The molecule has 0 unspecified atom stereocenters. The molecule has 0 saturated carbocycles. The fourth-order valence-electron chi connectivity index (χ4n) is 1.14. The van der Waals surface area contributed by atoms with Gasteiger partial charge in [0.05, 0.1) is 6.61 Å². The highest BCUT2D eigenvalue weighted by molar-refractivity contribution is 5.66. The lowest BCUT2D eigenvalue weighted by atomic mass is 9.84. The van der Waals surface area contributed by atoms with Crippen LogP contribution in [0.1, 0.15) is 33.6 Å². The first-order valence-corrected chi connectivity index (χ1v) is 5.15. The van der Waals surface area contributed by atoms with Crippen LogP contribution < -0.4 is 5.32 Å². The van der Waals surface area contributed by atoms with Gasteiger partial charge in [-0.3, -0.25) is 0 Å². The van der Waals surface area contributed by atoms with Crippen LogP contribution in [0.25, 0.3) is 0 Å². The summed E-state index contributed by atoms with van der Waals surface area (Å²) < 4.78 is 5.01. The van der Waals surface area contributed by atoms with Crippen molar-refractivity contribution in [3.05, 3.63) is 0 Å². The van der Waals surface area contributed by atoms with E-state index in [9.17, 15) is 9.90 Å². The molecule has 0 rings (SSSR count). The van der Waals surface area contributed by atoms with Crippen molar-refractivity contribution in [2.45, 2.75) is 33.6 Å². The predicted molar refractivity (Wildman–Crippen MR) is 55.1 cm³/mol. The number of carbonyl (C=O) groups is 1. The normalized spacial score (nSPS) is 11.1. The van der Waals surface area contributed by atoms with E-state index in [0.717, 1.165) is 12.8 Å². The fourth-order valence-corrected chi connectivity index (χ4v) is 1.14. The highest BCUT2D eigenvalue weighted by atomic mass is 16.5. The summed E-state index contributed by atoms with van der Waals surface area (Å²) in [7, 11) is 0. The molecule has 84 valence electrons. The topological polar surface area (TPSA) is 58.6 Å². The molecule has 0 radical (unpaired) electrons. The lowest BCUT2D eigenvalue weighted by Crippen LogP contribution is -2.34. The second-order valence-corrected chi connectivity index (χ2v) is 3.47. The molecule has 0 bridgehead atoms. The average molecular weight is 203 g/mol. The van der Waals surface area contributed by atoms with E-state index >= 15 is 0 Å². The Bertz CT molecular complexity index is 158. The van der Waals surface area contributed by atoms with E-state index < -0.39 is 6.09 Å². The summed E-state index contributed by atoms with van der Waals surface area (Å²) in [6, 6.07) is 0. The maximum absolute atomic E-state index is 11.0. The molecule has 4 nitrogen and oxygen atoms in total. The van der Waals surface area contributed by atoms with Crippen LogP contribution in [0.2, 0.25) is 0 Å². The molecule has 2 N–H and O–H groups in total. The van der Waals surface area contributed by atoms with Gasteiger partial charge in [0, 0.05) is 12.0 Å². The van der Waals surface area contributed by atoms with Crippen molar-refractivity contribution >= 4 is 6.09 Å². The number of hydrogen-bond donors (Lipinski definition) is 2. The highest BCUT2D eigenvalue weighted by Gasteiger charge is 2.27. The SMILES string of the molecule is CCNC(=O)OCC(CC)(CC)CO.